The molecule has 1 fully saturated rings. The third kappa shape index (κ3) is 4.22. The number of benzene rings is 1. The molecule has 2 rings (SSSR count). The van der Waals surface area contributed by atoms with Gasteiger partial charge in [0.25, 0.3) is 5.91 Å². The lowest BCUT2D eigenvalue weighted by Gasteiger charge is -2.51. The van der Waals surface area contributed by atoms with Crippen molar-refractivity contribution < 1.29 is 20.2 Å². The molecule has 0 heterocycles. The fraction of sp³-hybridized carbons (Fsp3) is 0.650. The maximum absolute atomic E-state index is 12.8. The van der Waals surface area contributed by atoms with E-state index in [0.29, 0.717) is 12.8 Å². The van der Waals surface area contributed by atoms with Gasteiger partial charge in [-0.2, -0.15) is 0 Å². The molecule has 1 aliphatic carbocycles. The highest BCUT2D eigenvalue weighted by Gasteiger charge is 2.57. The first-order chi connectivity index (χ1) is 11.6. The third-order valence-electron chi connectivity index (χ3n) is 5.85. The Balaban J connectivity index is 2.47. The van der Waals surface area contributed by atoms with Crippen LogP contribution in [0.4, 0.5) is 0 Å². The van der Waals surface area contributed by atoms with Crippen LogP contribution in [0.1, 0.15) is 58.4 Å². The molecule has 140 valence electrons. The second-order valence-electron chi connectivity index (χ2n) is 8.43. The largest absolute Gasteiger partial charge is 0.393 e. The molecule has 1 amide bonds. The summed E-state index contributed by atoms with van der Waals surface area (Å²) in [6.07, 6.45) is 2.09. The van der Waals surface area contributed by atoms with E-state index in [-0.39, 0.29) is 18.3 Å². The molecule has 0 bridgehead atoms. The average molecular weight is 349 g/mol. The summed E-state index contributed by atoms with van der Waals surface area (Å²) < 4.78 is 0. The molecule has 0 aliphatic heterocycles. The summed E-state index contributed by atoms with van der Waals surface area (Å²) in [5.41, 5.74) is 0.215. The number of hydroxylamine groups is 1. The van der Waals surface area contributed by atoms with Gasteiger partial charge in [0.15, 0.2) is 0 Å². The first-order valence-corrected chi connectivity index (χ1v) is 9.03. The van der Waals surface area contributed by atoms with Crippen LogP contribution in [-0.2, 0) is 11.2 Å². The summed E-state index contributed by atoms with van der Waals surface area (Å²) in [4.78, 5) is 12.8. The van der Waals surface area contributed by atoms with E-state index >= 15 is 0 Å². The van der Waals surface area contributed by atoms with Gasteiger partial charge >= 0.3 is 0 Å². The number of nitrogens with one attached hydrogen (secondary N) is 1. The van der Waals surface area contributed by atoms with Gasteiger partial charge in [-0.05, 0) is 56.4 Å². The predicted molar refractivity (Wildman–Crippen MR) is 96.0 cm³/mol. The van der Waals surface area contributed by atoms with Gasteiger partial charge in [0.05, 0.1) is 17.1 Å². The smallest absolute Gasteiger partial charge is 0.252 e. The van der Waals surface area contributed by atoms with Gasteiger partial charge in [0.1, 0.15) is 0 Å². The first kappa shape index (κ1) is 19.9. The fourth-order valence-electron chi connectivity index (χ4n) is 4.19. The zero-order valence-electron chi connectivity index (χ0n) is 15.5. The molecule has 2 unspecified atom stereocenters. The van der Waals surface area contributed by atoms with Gasteiger partial charge in [-0.25, -0.2) is 5.48 Å². The number of rotatable bonds is 6. The minimum atomic E-state index is -1.28. The van der Waals surface area contributed by atoms with Gasteiger partial charge < -0.3 is 10.2 Å². The van der Waals surface area contributed by atoms with Gasteiger partial charge in [-0.1, -0.05) is 44.2 Å². The molecule has 4 N–H and O–H groups in total. The summed E-state index contributed by atoms with van der Waals surface area (Å²) in [6.45, 7) is 5.93. The molecule has 5 heteroatoms. The lowest BCUT2D eigenvalue weighted by molar-refractivity contribution is -0.175. The topological polar surface area (TPSA) is 89.8 Å². The molecule has 0 saturated heterocycles. The molecule has 1 saturated carbocycles. The van der Waals surface area contributed by atoms with Gasteiger partial charge in [-0.15, -0.1) is 0 Å². The van der Waals surface area contributed by atoms with Crippen molar-refractivity contribution in [3.63, 3.8) is 0 Å². The molecule has 2 atom stereocenters. The van der Waals surface area contributed by atoms with Crippen molar-refractivity contribution in [1.29, 1.82) is 0 Å². The minimum Gasteiger partial charge on any atom is -0.393 e. The Kier molecular flexibility index (Phi) is 5.92. The Morgan fingerprint density at radius 3 is 2.24 bits per heavy atom. The Hall–Kier alpha value is -1.43. The molecule has 1 aromatic carbocycles. The lowest BCUT2D eigenvalue weighted by atomic mass is 9.56. The standard InChI is InChI=1S/C20H31NO4/c1-15(22)13-19(17(23)21-25,14-16-7-5-4-6-8-16)20(24)11-9-18(2,3)10-12-20/h4-8,15,22,24-25H,9-14H2,1-3H3,(H,21,23). The predicted octanol–water partition coefficient (Wildman–Crippen LogP) is 2.82. The number of hydrogen-bond acceptors (Lipinski definition) is 4. The molecular formula is C20H31NO4. The number of aliphatic hydroxyl groups is 2. The fourth-order valence-corrected chi connectivity index (χ4v) is 4.19. The van der Waals surface area contributed by atoms with Crippen molar-refractivity contribution in [1.82, 2.24) is 5.48 Å². The van der Waals surface area contributed by atoms with Crippen LogP contribution in [0.5, 0.6) is 0 Å². The molecule has 5 nitrogen and oxygen atoms in total. The Labute approximate surface area is 150 Å². The van der Waals surface area contributed by atoms with E-state index in [1.54, 1.807) is 12.4 Å². The number of amides is 1. The summed E-state index contributed by atoms with van der Waals surface area (Å²) in [7, 11) is 0. The highest BCUT2D eigenvalue weighted by Crippen LogP contribution is 2.51. The lowest BCUT2D eigenvalue weighted by Crippen LogP contribution is -2.60. The van der Waals surface area contributed by atoms with Gasteiger partial charge in [-0.3, -0.25) is 10.0 Å². The molecule has 1 aliphatic rings. The van der Waals surface area contributed by atoms with Crippen molar-refractivity contribution in [3.8, 4) is 0 Å². The summed E-state index contributed by atoms with van der Waals surface area (Å²) >= 11 is 0. The Morgan fingerprint density at radius 1 is 1.20 bits per heavy atom. The number of carbonyl (C=O) groups excluding carboxylic acids is 1. The number of aliphatic hydroxyl groups excluding tert-OH is 1. The monoisotopic (exact) mass is 349 g/mol. The molecular weight excluding hydrogens is 318 g/mol. The van der Waals surface area contributed by atoms with Crippen LogP contribution in [0, 0.1) is 10.8 Å². The van der Waals surface area contributed by atoms with E-state index < -0.39 is 23.0 Å². The highest BCUT2D eigenvalue weighted by atomic mass is 16.5. The normalized spacial score (nSPS) is 22.6. The van der Waals surface area contributed by atoms with Crippen molar-refractivity contribution in [2.24, 2.45) is 10.8 Å². The van der Waals surface area contributed by atoms with E-state index in [2.05, 4.69) is 13.8 Å². The van der Waals surface area contributed by atoms with Crippen LogP contribution < -0.4 is 5.48 Å². The second kappa shape index (κ2) is 7.44. The van der Waals surface area contributed by atoms with Gasteiger partial charge in [0.2, 0.25) is 0 Å². The Morgan fingerprint density at radius 2 is 1.76 bits per heavy atom. The Bertz CT molecular complexity index is 575. The van der Waals surface area contributed by atoms with E-state index in [1.165, 1.54) is 0 Å². The van der Waals surface area contributed by atoms with Crippen molar-refractivity contribution in [3.05, 3.63) is 35.9 Å². The molecule has 0 aromatic heterocycles. The molecule has 0 spiro atoms. The maximum Gasteiger partial charge on any atom is 0.252 e. The zero-order chi connectivity index (χ0) is 18.7. The highest BCUT2D eigenvalue weighted by molar-refractivity contribution is 5.83. The van der Waals surface area contributed by atoms with Gasteiger partial charge in [0, 0.05) is 0 Å². The van der Waals surface area contributed by atoms with Crippen molar-refractivity contribution in [2.75, 3.05) is 0 Å². The average Bonchev–Trinajstić information content (AvgIpc) is 2.57. The zero-order valence-corrected chi connectivity index (χ0v) is 15.5. The number of hydrogen-bond donors (Lipinski definition) is 4. The first-order valence-electron chi connectivity index (χ1n) is 9.03. The summed E-state index contributed by atoms with van der Waals surface area (Å²) in [5, 5.41) is 31.0. The molecule has 0 radical (unpaired) electrons. The third-order valence-corrected chi connectivity index (χ3v) is 5.85. The van der Waals surface area contributed by atoms with E-state index in [1.807, 2.05) is 30.3 Å². The van der Waals surface area contributed by atoms with Crippen LogP contribution in [0.25, 0.3) is 0 Å². The second-order valence-corrected chi connectivity index (χ2v) is 8.43. The van der Waals surface area contributed by atoms with Crippen LogP contribution >= 0.6 is 0 Å². The van der Waals surface area contributed by atoms with Crippen LogP contribution in [0.3, 0.4) is 0 Å². The minimum absolute atomic E-state index is 0.0885. The van der Waals surface area contributed by atoms with Crippen molar-refractivity contribution in [2.45, 2.75) is 71.0 Å². The van der Waals surface area contributed by atoms with E-state index in [4.69, 9.17) is 0 Å². The quantitative estimate of drug-likeness (QED) is 0.470. The summed E-state index contributed by atoms with van der Waals surface area (Å²) in [5.74, 6) is -0.626. The van der Waals surface area contributed by atoms with E-state index in [0.717, 1.165) is 18.4 Å². The van der Waals surface area contributed by atoms with Crippen LogP contribution in [0.2, 0.25) is 0 Å². The van der Waals surface area contributed by atoms with Crippen LogP contribution in [0.15, 0.2) is 30.3 Å². The SMILES string of the molecule is CC(O)CC(Cc1ccccc1)(C(=O)NO)C1(O)CCC(C)(C)CC1. The molecule has 1 aromatic rings. The van der Waals surface area contributed by atoms with E-state index in [9.17, 15) is 20.2 Å². The van der Waals surface area contributed by atoms with Crippen molar-refractivity contribution >= 4 is 5.91 Å². The number of carbonyl (C=O) groups is 1. The molecule has 25 heavy (non-hydrogen) atoms. The summed E-state index contributed by atoms with van der Waals surface area (Å²) in [6, 6.07) is 9.46. The maximum atomic E-state index is 12.8. The van der Waals surface area contributed by atoms with Crippen LogP contribution in [-0.4, -0.2) is 33.0 Å².